The number of nitrogens with two attached hydrogens (primary N) is 1. The van der Waals surface area contributed by atoms with Crippen LogP contribution in [0.4, 0.5) is 14.5 Å². The molecular formula is C15H13F2NO3. The quantitative estimate of drug-likeness (QED) is 0.680. The second-order valence-corrected chi connectivity index (χ2v) is 4.22. The van der Waals surface area contributed by atoms with Crippen molar-refractivity contribution in [1.82, 2.24) is 0 Å². The number of para-hydroxylation sites is 2. The highest BCUT2D eigenvalue weighted by molar-refractivity contribution is 5.71. The number of halogens is 2. The number of hydrogen-bond acceptors (Lipinski definition) is 4. The van der Waals surface area contributed by atoms with Crippen LogP contribution in [0.25, 0.3) is 0 Å². The van der Waals surface area contributed by atoms with Crippen molar-refractivity contribution in [2.45, 2.75) is 6.61 Å². The number of ether oxygens (including phenoxy) is 2. The first-order valence-corrected chi connectivity index (χ1v) is 6.13. The molecule has 2 N–H and O–H groups in total. The fourth-order valence-electron chi connectivity index (χ4n) is 1.59. The number of esters is 1. The van der Waals surface area contributed by atoms with E-state index < -0.39 is 17.6 Å². The fourth-order valence-corrected chi connectivity index (χ4v) is 1.59. The summed E-state index contributed by atoms with van der Waals surface area (Å²) in [5.41, 5.74) is 6.13. The molecule has 0 aromatic heterocycles. The van der Waals surface area contributed by atoms with Gasteiger partial charge in [-0.3, -0.25) is 0 Å². The predicted molar refractivity (Wildman–Crippen MR) is 72.5 cm³/mol. The molecule has 2 rings (SSSR count). The lowest BCUT2D eigenvalue weighted by Crippen LogP contribution is -2.15. The number of carbonyl (C=O) groups excluding carboxylic acids is 1. The van der Waals surface area contributed by atoms with Gasteiger partial charge in [-0.2, -0.15) is 0 Å². The van der Waals surface area contributed by atoms with Gasteiger partial charge < -0.3 is 15.2 Å². The number of nitrogen functional groups attached to an aromatic ring is 1. The highest BCUT2D eigenvalue weighted by Gasteiger charge is 2.09. The first-order valence-electron chi connectivity index (χ1n) is 6.13. The van der Waals surface area contributed by atoms with E-state index >= 15 is 0 Å². The van der Waals surface area contributed by atoms with Gasteiger partial charge >= 0.3 is 5.97 Å². The number of hydrogen-bond donors (Lipinski definition) is 1. The molecule has 4 nitrogen and oxygen atoms in total. The summed E-state index contributed by atoms with van der Waals surface area (Å²) >= 11 is 0. The monoisotopic (exact) mass is 293 g/mol. The number of benzene rings is 2. The average Bonchev–Trinajstić information content (AvgIpc) is 2.45. The molecule has 0 aliphatic carbocycles. The zero-order valence-corrected chi connectivity index (χ0v) is 11.0. The van der Waals surface area contributed by atoms with Crippen molar-refractivity contribution < 1.29 is 23.0 Å². The van der Waals surface area contributed by atoms with Crippen LogP contribution in [0.5, 0.6) is 5.75 Å². The molecule has 0 saturated carbocycles. The summed E-state index contributed by atoms with van der Waals surface area (Å²) in [5, 5.41) is 0. The average molecular weight is 293 g/mol. The van der Waals surface area contributed by atoms with Gasteiger partial charge in [-0.25, -0.2) is 13.6 Å². The Labute approximate surface area is 120 Å². The molecule has 110 valence electrons. The minimum absolute atomic E-state index is 0.0870. The van der Waals surface area contributed by atoms with Gasteiger partial charge in [-0.15, -0.1) is 0 Å². The van der Waals surface area contributed by atoms with Crippen LogP contribution in [-0.2, 0) is 16.1 Å². The highest BCUT2D eigenvalue weighted by atomic mass is 19.1. The number of carbonyl (C=O) groups is 1. The summed E-state index contributed by atoms with van der Waals surface area (Å²) in [6.07, 6.45) is 0. The van der Waals surface area contributed by atoms with Crippen molar-refractivity contribution in [3.63, 3.8) is 0 Å². The van der Waals surface area contributed by atoms with E-state index in [9.17, 15) is 13.6 Å². The summed E-state index contributed by atoms with van der Waals surface area (Å²) in [6.45, 7) is -0.643. The van der Waals surface area contributed by atoms with Gasteiger partial charge in [0.15, 0.2) is 6.61 Å². The third kappa shape index (κ3) is 4.17. The lowest BCUT2D eigenvalue weighted by Gasteiger charge is -2.09. The number of anilines is 1. The molecule has 0 heterocycles. The van der Waals surface area contributed by atoms with Gasteiger partial charge in [-0.05, 0) is 24.3 Å². The second-order valence-electron chi connectivity index (χ2n) is 4.22. The van der Waals surface area contributed by atoms with Crippen LogP contribution in [0.3, 0.4) is 0 Å². The molecule has 0 unspecified atom stereocenters. The number of rotatable bonds is 5. The van der Waals surface area contributed by atoms with Gasteiger partial charge in [0.05, 0.1) is 5.69 Å². The predicted octanol–water partition coefficient (Wildman–Crippen LogP) is 2.67. The highest BCUT2D eigenvalue weighted by Crippen LogP contribution is 2.19. The van der Waals surface area contributed by atoms with E-state index in [1.54, 1.807) is 24.3 Å². The minimum Gasteiger partial charge on any atom is -0.480 e. The zero-order chi connectivity index (χ0) is 15.2. The summed E-state index contributed by atoms with van der Waals surface area (Å²) in [4.78, 5) is 11.5. The zero-order valence-electron chi connectivity index (χ0n) is 11.0. The topological polar surface area (TPSA) is 61.5 Å². The van der Waals surface area contributed by atoms with Crippen LogP contribution in [0.15, 0.2) is 42.5 Å². The van der Waals surface area contributed by atoms with Gasteiger partial charge in [0.2, 0.25) is 0 Å². The Hall–Kier alpha value is -2.63. The van der Waals surface area contributed by atoms with E-state index in [0.29, 0.717) is 11.4 Å². The Bertz CT molecular complexity index is 647. The smallest absolute Gasteiger partial charge is 0.344 e. The van der Waals surface area contributed by atoms with Gasteiger partial charge in [0.25, 0.3) is 0 Å². The Balaban J connectivity index is 1.84. The van der Waals surface area contributed by atoms with Crippen molar-refractivity contribution >= 4 is 11.7 Å². The standard InChI is InChI=1S/C15H13F2NO3/c16-11-6-5-10(12(17)7-11)8-21-15(19)9-20-14-4-2-1-3-13(14)18/h1-7H,8-9,18H2. The molecule has 0 aliphatic heterocycles. The van der Waals surface area contributed by atoms with Crippen molar-refractivity contribution in [3.05, 3.63) is 59.7 Å². The molecule has 0 spiro atoms. The van der Waals surface area contributed by atoms with Crippen LogP contribution in [0.1, 0.15) is 5.56 Å². The van der Waals surface area contributed by atoms with E-state index in [2.05, 4.69) is 0 Å². The summed E-state index contributed by atoms with van der Waals surface area (Å²) in [7, 11) is 0. The van der Waals surface area contributed by atoms with Crippen LogP contribution in [0.2, 0.25) is 0 Å². The maximum absolute atomic E-state index is 13.3. The van der Waals surface area contributed by atoms with E-state index in [1.807, 2.05) is 0 Å². The first-order chi connectivity index (χ1) is 10.1. The van der Waals surface area contributed by atoms with E-state index in [4.69, 9.17) is 15.2 Å². The van der Waals surface area contributed by atoms with E-state index in [1.165, 1.54) is 6.07 Å². The molecule has 0 fully saturated rings. The van der Waals surface area contributed by atoms with Crippen LogP contribution in [-0.4, -0.2) is 12.6 Å². The largest absolute Gasteiger partial charge is 0.480 e. The molecule has 0 atom stereocenters. The molecule has 0 radical (unpaired) electrons. The SMILES string of the molecule is Nc1ccccc1OCC(=O)OCc1ccc(F)cc1F. The normalized spacial score (nSPS) is 10.2. The maximum Gasteiger partial charge on any atom is 0.344 e. The Morgan fingerprint density at radius 3 is 2.62 bits per heavy atom. The summed E-state index contributed by atoms with van der Waals surface area (Å²) < 4.78 is 36.1. The Morgan fingerprint density at radius 1 is 1.14 bits per heavy atom. The Kier molecular flexibility index (Phi) is 4.71. The van der Waals surface area contributed by atoms with Gasteiger partial charge in [0, 0.05) is 11.6 Å². The molecule has 6 heteroatoms. The van der Waals surface area contributed by atoms with Crippen molar-refractivity contribution in [2.75, 3.05) is 12.3 Å². The van der Waals surface area contributed by atoms with E-state index in [-0.39, 0.29) is 18.8 Å². The van der Waals surface area contributed by atoms with Crippen molar-refractivity contribution in [1.29, 1.82) is 0 Å². The molecule has 0 bridgehead atoms. The second kappa shape index (κ2) is 6.69. The van der Waals surface area contributed by atoms with Crippen LogP contribution in [0, 0.1) is 11.6 Å². The van der Waals surface area contributed by atoms with Crippen molar-refractivity contribution in [3.8, 4) is 5.75 Å². The van der Waals surface area contributed by atoms with Gasteiger partial charge in [0.1, 0.15) is 24.0 Å². The van der Waals surface area contributed by atoms with Crippen LogP contribution < -0.4 is 10.5 Å². The molecular weight excluding hydrogens is 280 g/mol. The molecule has 0 saturated heterocycles. The van der Waals surface area contributed by atoms with Crippen molar-refractivity contribution in [2.24, 2.45) is 0 Å². The Morgan fingerprint density at radius 2 is 1.90 bits per heavy atom. The molecule has 2 aromatic carbocycles. The van der Waals surface area contributed by atoms with Gasteiger partial charge in [-0.1, -0.05) is 12.1 Å². The fraction of sp³-hybridized carbons (Fsp3) is 0.133. The molecule has 21 heavy (non-hydrogen) atoms. The lowest BCUT2D eigenvalue weighted by atomic mass is 10.2. The molecule has 0 amide bonds. The molecule has 0 aliphatic rings. The lowest BCUT2D eigenvalue weighted by molar-refractivity contribution is -0.147. The summed E-state index contributed by atoms with van der Waals surface area (Å²) in [5.74, 6) is -1.77. The maximum atomic E-state index is 13.3. The molecule has 2 aromatic rings. The first kappa shape index (κ1) is 14.8. The third-order valence-electron chi connectivity index (χ3n) is 2.67. The summed E-state index contributed by atoms with van der Waals surface area (Å²) in [6, 6.07) is 9.73. The van der Waals surface area contributed by atoms with Crippen LogP contribution >= 0.6 is 0 Å². The third-order valence-corrected chi connectivity index (χ3v) is 2.67. The minimum atomic E-state index is -0.768. The van der Waals surface area contributed by atoms with E-state index in [0.717, 1.165) is 12.1 Å².